The van der Waals surface area contributed by atoms with Gasteiger partial charge in [-0.05, 0) is 11.5 Å². The van der Waals surface area contributed by atoms with Gasteiger partial charge in [-0.15, -0.1) is 0 Å². The Balaban J connectivity index is 2.28. The predicted octanol–water partition coefficient (Wildman–Crippen LogP) is 1.72. The van der Waals surface area contributed by atoms with Crippen molar-refractivity contribution in [3.05, 3.63) is 43.0 Å². The Hall–Kier alpha value is -2.78. The lowest BCUT2D eigenvalue weighted by molar-refractivity contribution is 0.449. The Kier molecular flexibility index (Phi) is 3.35. The average molecular weight is 318 g/mol. The Morgan fingerprint density at radius 1 is 1.09 bits per heavy atom. The van der Waals surface area contributed by atoms with E-state index in [9.17, 15) is 18.1 Å². The summed E-state index contributed by atoms with van der Waals surface area (Å²) in [7, 11) is -4.66. The summed E-state index contributed by atoms with van der Waals surface area (Å²) < 4.78 is 32.6. The summed E-state index contributed by atoms with van der Waals surface area (Å²) in [6.07, 6.45) is 2.45. The number of phenolic OH excluding ortho intramolecular Hbond substituents is 1. The highest BCUT2D eigenvalue weighted by atomic mass is 32.2. The largest absolute Gasteiger partial charge is 0.506 e. The third-order valence-electron chi connectivity index (χ3n) is 2.97. The number of fused-ring (bicyclic) bond motifs is 1. The van der Waals surface area contributed by atoms with Crippen molar-refractivity contribution in [1.29, 1.82) is 0 Å². The molecule has 0 saturated heterocycles. The van der Waals surface area contributed by atoms with Crippen LogP contribution in [0.15, 0.2) is 47.9 Å². The molecular weight excluding hydrogens is 308 g/mol. The van der Waals surface area contributed by atoms with E-state index < -0.39 is 20.8 Å². The van der Waals surface area contributed by atoms with E-state index in [-0.39, 0.29) is 11.6 Å². The number of anilines is 2. The number of nitrogens with one attached hydrogen (secondary N) is 1. The van der Waals surface area contributed by atoms with Gasteiger partial charge in [0.1, 0.15) is 18.4 Å². The first-order valence-electron chi connectivity index (χ1n) is 6.08. The standard InChI is InChI=1S/C13H10N4O4S/c18-11-9-4-2-1-3-8(9)5-10(12(11)22(19,20)21)17-13-15-6-14-7-16-13/h1-7,18H,(H,19,20,21)(H,14,15,16,17). The molecule has 0 amide bonds. The summed E-state index contributed by atoms with van der Waals surface area (Å²) in [5, 5.41) is 13.8. The van der Waals surface area contributed by atoms with Crippen LogP contribution in [0.25, 0.3) is 10.8 Å². The Morgan fingerprint density at radius 3 is 2.45 bits per heavy atom. The van der Waals surface area contributed by atoms with Crippen LogP contribution in [0.4, 0.5) is 11.6 Å². The molecule has 0 atom stereocenters. The monoisotopic (exact) mass is 318 g/mol. The summed E-state index contributed by atoms with van der Waals surface area (Å²) in [5.41, 5.74) is -0.0371. The van der Waals surface area contributed by atoms with Gasteiger partial charge in [0, 0.05) is 5.39 Å². The molecular formula is C13H10N4O4S. The van der Waals surface area contributed by atoms with Crippen LogP contribution in [0.3, 0.4) is 0 Å². The molecule has 0 radical (unpaired) electrons. The lowest BCUT2D eigenvalue weighted by atomic mass is 10.1. The van der Waals surface area contributed by atoms with Crippen LogP contribution in [-0.4, -0.2) is 33.0 Å². The summed E-state index contributed by atoms with van der Waals surface area (Å²) in [4.78, 5) is 10.6. The van der Waals surface area contributed by atoms with Crippen molar-refractivity contribution < 1.29 is 18.1 Å². The predicted molar refractivity (Wildman–Crippen MR) is 78.5 cm³/mol. The molecule has 3 rings (SSSR count). The zero-order chi connectivity index (χ0) is 15.7. The number of hydrogen-bond donors (Lipinski definition) is 3. The number of rotatable bonds is 3. The van der Waals surface area contributed by atoms with Gasteiger partial charge < -0.3 is 10.4 Å². The number of hydrogen-bond acceptors (Lipinski definition) is 7. The Bertz CT molecular complexity index is 945. The summed E-state index contributed by atoms with van der Waals surface area (Å²) >= 11 is 0. The quantitative estimate of drug-likeness (QED) is 0.623. The van der Waals surface area contributed by atoms with E-state index >= 15 is 0 Å². The Labute approximate surface area is 125 Å². The molecule has 0 aliphatic heterocycles. The van der Waals surface area contributed by atoms with Gasteiger partial charge in [-0.3, -0.25) is 4.55 Å². The molecule has 0 spiro atoms. The average Bonchev–Trinajstić information content (AvgIpc) is 2.47. The molecule has 0 fully saturated rings. The normalized spacial score (nSPS) is 11.5. The molecule has 2 aromatic carbocycles. The third-order valence-corrected chi connectivity index (χ3v) is 3.90. The molecule has 0 unspecified atom stereocenters. The van der Waals surface area contributed by atoms with Gasteiger partial charge in [0.15, 0.2) is 4.90 Å². The second kappa shape index (κ2) is 5.20. The van der Waals surface area contributed by atoms with Crippen molar-refractivity contribution in [1.82, 2.24) is 15.0 Å². The number of aromatic hydroxyl groups is 1. The fourth-order valence-electron chi connectivity index (χ4n) is 2.09. The lowest BCUT2D eigenvalue weighted by Crippen LogP contribution is -2.06. The van der Waals surface area contributed by atoms with E-state index in [0.717, 1.165) is 0 Å². The van der Waals surface area contributed by atoms with E-state index in [0.29, 0.717) is 10.8 Å². The third kappa shape index (κ3) is 2.54. The highest BCUT2D eigenvalue weighted by Crippen LogP contribution is 2.38. The van der Waals surface area contributed by atoms with Crippen LogP contribution in [-0.2, 0) is 10.1 Å². The van der Waals surface area contributed by atoms with Gasteiger partial charge >= 0.3 is 0 Å². The van der Waals surface area contributed by atoms with Gasteiger partial charge in [0.25, 0.3) is 10.1 Å². The zero-order valence-corrected chi connectivity index (χ0v) is 11.8. The first-order valence-corrected chi connectivity index (χ1v) is 7.52. The highest BCUT2D eigenvalue weighted by molar-refractivity contribution is 7.86. The molecule has 3 N–H and O–H groups in total. The van der Waals surface area contributed by atoms with E-state index in [1.54, 1.807) is 24.3 Å². The maximum atomic E-state index is 11.6. The molecule has 3 aromatic rings. The molecule has 9 heteroatoms. The lowest BCUT2D eigenvalue weighted by Gasteiger charge is -2.12. The molecule has 1 aromatic heterocycles. The minimum absolute atomic E-state index is 0.0371. The second-order valence-corrected chi connectivity index (χ2v) is 5.74. The zero-order valence-electron chi connectivity index (χ0n) is 11.0. The fraction of sp³-hybridized carbons (Fsp3) is 0. The van der Waals surface area contributed by atoms with E-state index in [1.807, 2.05) is 0 Å². The van der Waals surface area contributed by atoms with Gasteiger partial charge in [0.2, 0.25) is 5.95 Å². The topological polar surface area (TPSA) is 125 Å². The smallest absolute Gasteiger partial charge is 0.300 e. The van der Waals surface area contributed by atoms with Crippen molar-refractivity contribution in [2.24, 2.45) is 0 Å². The van der Waals surface area contributed by atoms with E-state index in [4.69, 9.17) is 0 Å². The molecule has 0 saturated carbocycles. The van der Waals surface area contributed by atoms with Crippen LogP contribution >= 0.6 is 0 Å². The number of phenols is 1. The van der Waals surface area contributed by atoms with Gasteiger partial charge in [-0.2, -0.15) is 8.42 Å². The molecule has 1 heterocycles. The minimum atomic E-state index is -4.66. The maximum Gasteiger partial charge on any atom is 0.300 e. The molecule has 0 bridgehead atoms. The molecule has 0 aliphatic carbocycles. The molecule has 112 valence electrons. The van der Waals surface area contributed by atoms with Gasteiger partial charge in [0.05, 0.1) is 5.69 Å². The van der Waals surface area contributed by atoms with Crippen LogP contribution in [0.1, 0.15) is 0 Å². The van der Waals surface area contributed by atoms with E-state index in [2.05, 4.69) is 20.3 Å². The first kappa shape index (κ1) is 14.2. The summed E-state index contributed by atoms with van der Waals surface area (Å²) in [5.74, 6) is -0.466. The minimum Gasteiger partial charge on any atom is -0.506 e. The van der Waals surface area contributed by atoms with E-state index in [1.165, 1.54) is 18.7 Å². The molecule has 8 nitrogen and oxygen atoms in total. The molecule has 22 heavy (non-hydrogen) atoms. The Morgan fingerprint density at radius 2 is 1.77 bits per heavy atom. The fourth-order valence-corrected chi connectivity index (χ4v) is 2.83. The van der Waals surface area contributed by atoms with Gasteiger partial charge in [-0.1, -0.05) is 24.3 Å². The van der Waals surface area contributed by atoms with Crippen LogP contribution in [0.2, 0.25) is 0 Å². The van der Waals surface area contributed by atoms with Crippen LogP contribution in [0.5, 0.6) is 5.75 Å². The first-order chi connectivity index (χ1) is 10.5. The van der Waals surface area contributed by atoms with Crippen molar-refractivity contribution in [2.45, 2.75) is 4.90 Å². The second-order valence-electron chi connectivity index (χ2n) is 4.38. The number of aromatic nitrogens is 3. The summed E-state index contributed by atoms with van der Waals surface area (Å²) in [6.45, 7) is 0. The van der Waals surface area contributed by atoms with Crippen molar-refractivity contribution in [3.63, 3.8) is 0 Å². The maximum absolute atomic E-state index is 11.6. The van der Waals surface area contributed by atoms with Crippen molar-refractivity contribution in [3.8, 4) is 5.75 Å². The highest BCUT2D eigenvalue weighted by Gasteiger charge is 2.23. The van der Waals surface area contributed by atoms with Gasteiger partial charge in [-0.25, -0.2) is 15.0 Å². The van der Waals surface area contributed by atoms with Crippen LogP contribution < -0.4 is 5.32 Å². The number of nitrogens with zero attached hydrogens (tertiary/aromatic N) is 3. The summed E-state index contributed by atoms with van der Waals surface area (Å²) in [6, 6.07) is 8.10. The van der Waals surface area contributed by atoms with Crippen molar-refractivity contribution >= 4 is 32.5 Å². The molecule has 0 aliphatic rings. The number of benzene rings is 2. The van der Waals surface area contributed by atoms with Crippen molar-refractivity contribution in [2.75, 3.05) is 5.32 Å². The SMILES string of the molecule is O=S(=O)(O)c1c(Nc2ncncn2)cc2ccccc2c1O. The van der Waals surface area contributed by atoms with Crippen LogP contribution in [0, 0.1) is 0 Å².